The van der Waals surface area contributed by atoms with Crippen molar-refractivity contribution in [1.29, 1.82) is 0 Å². The Morgan fingerprint density at radius 1 is 1.24 bits per heavy atom. The van der Waals surface area contributed by atoms with Crippen LogP contribution in [0.2, 0.25) is 0 Å². The first-order chi connectivity index (χ1) is 16.0. The van der Waals surface area contributed by atoms with E-state index in [-0.39, 0.29) is 17.7 Å². The first-order valence-corrected chi connectivity index (χ1v) is 10.5. The number of aromatic nitrogens is 5. The van der Waals surface area contributed by atoms with Gasteiger partial charge in [-0.05, 0) is 60.0 Å². The maximum absolute atomic E-state index is 12.7. The zero-order valence-electron chi connectivity index (χ0n) is 17.5. The Labute approximate surface area is 186 Å². The van der Waals surface area contributed by atoms with E-state index in [1.807, 2.05) is 25.3 Å². The Morgan fingerprint density at radius 3 is 2.94 bits per heavy atom. The van der Waals surface area contributed by atoms with Crippen molar-refractivity contribution in [2.45, 2.75) is 19.3 Å². The van der Waals surface area contributed by atoms with Crippen LogP contribution < -0.4 is 16.8 Å². The van der Waals surface area contributed by atoms with Crippen molar-refractivity contribution >= 4 is 39.4 Å². The number of oxazole rings is 1. The van der Waals surface area contributed by atoms with Crippen molar-refractivity contribution < 1.29 is 9.21 Å². The van der Waals surface area contributed by atoms with Gasteiger partial charge in [-0.3, -0.25) is 14.9 Å². The highest BCUT2D eigenvalue weighted by molar-refractivity contribution is 5.99. The number of fused-ring (bicyclic) bond motifs is 2. The lowest BCUT2D eigenvalue weighted by atomic mass is 10.0. The summed E-state index contributed by atoms with van der Waals surface area (Å²) in [6.45, 7) is 1.92. The fraction of sp³-hybridized carbons (Fsp3) is 0.174. The standard InChI is InChI=1S/C23H19N7O3/c1-10-2-18-19(33-23(32)29-18)6-13(10)17-3-11-4-20(25-9-16(11)21(24)28-17)30-22(31)15-5-14(15)12-7-26-27-8-12/h2-4,6-9,14-15H,5H2,1H3,(H2,24,28)(H,26,27)(H,29,32)(H,25,30,31). The van der Waals surface area contributed by atoms with E-state index < -0.39 is 5.76 Å². The van der Waals surface area contributed by atoms with Crippen LogP contribution in [-0.4, -0.2) is 31.1 Å². The molecule has 1 aromatic carbocycles. The second kappa shape index (κ2) is 7.02. The summed E-state index contributed by atoms with van der Waals surface area (Å²) in [6.07, 6.45) is 5.97. The number of nitrogens with two attached hydrogens (primary N) is 1. The van der Waals surface area contributed by atoms with E-state index in [1.165, 1.54) is 0 Å². The van der Waals surface area contributed by atoms with E-state index in [0.717, 1.165) is 28.5 Å². The minimum atomic E-state index is -0.510. The monoisotopic (exact) mass is 441 g/mol. The van der Waals surface area contributed by atoms with Crippen LogP contribution in [0.4, 0.5) is 11.6 Å². The average molecular weight is 441 g/mol. The van der Waals surface area contributed by atoms with E-state index >= 15 is 0 Å². The van der Waals surface area contributed by atoms with E-state index in [0.29, 0.717) is 33.8 Å². The zero-order chi connectivity index (χ0) is 22.7. The van der Waals surface area contributed by atoms with E-state index in [2.05, 4.69) is 30.5 Å². The quantitative estimate of drug-likeness (QED) is 0.334. The smallest absolute Gasteiger partial charge is 0.408 e. The highest BCUT2D eigenvalue weighted by Crippen LogP contribution is 2.47. The van der Waals surface area contributed by atoms with Crippen LogP contribution in [0.3, 0.4) is 0 Å². The van der Waals surface area contributed by atoms with Gasteiger partial charge in [0.15, 0.2) is 5.58 Å². The molecule has 4 heterocycles. The normalized spacial score (nSPS) is 17.5. The molecule has 1 aliphatic rings. The third kappa shape index (κ3) is 3.32. The van der Waals surface area contributed by atoms with Gasteiger partial charge in [0.05, 0.1) is 17.4 Å². The van der Waals surface area contributed by atoms with Crippen LogP contribution in [0.25, 0.3) is 33.1 Å². The van der Waals surface area contributed by atoms with Crippen LogP contribution >= 0.6 is 0 Å². The van der Waals surface area contributed by atoms with Crippen LogP contribution in [-0.2, 0) is 4.79 Å². The summed E-state index contributed by atoms with van der Waals surface area (Å²) in [4.78, 5) is 35.7. The molecule has 33 heavy (non-hydrogen) atoms. The highest BCUT2D eigenvalue weighted by Gasteiger charge is 2.44. The molecule has 0 spiro atoms. The van der Waals surface area contributed by atoms with Crippen molar-refractivity contribution in [3.63, 3.8) is 0 Å². The van der Waals surface area contributed by atoms with Gasteiger partial charge < -0.3 is 15.5 Å². The van der Waals surface area contributed by atoms with Gasteiger partial charge in [0, 0.05) is 29.3 Å². The lowest BCUT2D eigenvalue weighted by Gasteiger charge is -2.10. The topological polar surface area (TPSA) is 156 Å². The van der Waals surface area contributed by atoms with E-state index in [1.54, 1.807) is 24.5 Å². The SMILES string of the molecule is Cc1cc2[nH]c(=O)oc2cc1-c1cc2cc(NC(=O)C3CC3c3cn[nH]c3)ncc2c(N)n1. The number of H-pyrrole nitrogens is 2. The van der Waals surface area contributed by atoms with Crippen LogP contribution in [0.5, 0.6) is 0 Å². The Morgan fingerprint density at radius 2 is 2.12 bits per heavy atom. The number of carbonyl (C=O) groups excluding carboxylic acids is 1. The molecule has 1 aliphatic carbocycles. The zero-order valence-corrected chi connectivity index (χ0v) is 17.5. The van der Waals surface area contributed by atoms with Gasteiger partial charge in [-0.1, -0.05) is 0 Å². The third-order valence-electron chi connectivity index (χ3n) is 6.11. The number of aryl methyl sites for hydroxylation is 1. The van der Waals surface area contributed by atoms with Crippen molar-refractivity contribution in [2.75, 3.05) is 11.1 Å². The van der Waals surface area contributed by atoms with Crippen molar-refractivity contribution in [3.8, 4) is 11.3 Å². The number of hydrogen-bond donors (Lipinski definition) is 4. The van der Waals surface area contributed by atoms with Gasteiger partial charge in [-0.2, -0.15) is 5.10 Å². The summed E-state index contributed by atoms with van der Waals surface area (Å²) >= 11 is 0. The molecule has 1 amide bonds. The first kappa shape index (κ1) is 19.2. The predicted octanol–water partition coefficient (Wildman–Crippen LogP) is 3.09. The van der Waals surface area contributed by atoms with Crippen molar-refractivity contribution in [2.24, 2.45) is 5.92 Å². The molecule has 10 nitrogen and oxygen atoms in total. The third-order valence-corrected chi connectivity index (χ3v) is 6.11. The van der Waals surface area contributed by atoms with E-state index in [9.17, 15) is 9.59 Å². The summed E-state index contributed by atoms with van der Waals surface area (Å²) in [5.74, 6) is 0.283. The molecule has 1 fully saturated rings. The second-order valence-corrected chi connectivity index (χ2v) is 8.33. The summed E-state index contributed by atoms with van der Waals surface area (Å²) in [6, 6.07) is 7.27. The average Bonchev–Trinajstić information content (AvgIpc) is 3.22. The summed E-state index contributed by atoms with van der Waals surface area (Å²) in [5.41, 5.74) is 10.7. The number of pyridine rings is 2. The molecular formula is C23H19N7O3. The first-order valence-electron chi connectivity index (χ1n) is 10.5. The Hall–Kier alpha value is -4.47. The Balaban J connectivity index is 1.33. The fourth-order valence-corrected chi connectivity index (χ4v) is 4.30. The number of rotatable bonds is 4. The van der Waals surface area contributed by atoms with Crippen molar-refractivity contribution in [1.82, 2.24) is 25.1 Å². The van der Waals surface area contributed by atoms with Crippen LogP contribution in [0, 0.1) is 12.8 Å². The molecule has 4 aromatic heterocycles. The van der Waals surface area contributed by atoms with Gasteiger partial charge in [-0.25, -0.2) is 14.8 Å². The number of nitrogens with one attached hydrogen (secondary N) is 3. The van der Waals surface area contributed by atoms with Gasteiger partial charge in [-0.15, -0.1) is 0 Å². The minimum Gasteiger partial charge on any atom is -0.408 e. The summed E-state index contributed by atoms with van der Waals surface area (Å²) in [7, 11) is 0. The fourth-order valence-electron chi connectivity index (χ4n) is 4.30. The van der Waals surface area contributed by atoms with Crippen molar-refractivity contribution in [3.05, 3.63) is 64.5 Å². The molecule has 0 bridgehead atoms. The molecule has 2 atom stereocenters. The molecule has 2 unspecified atom stereocenters. The minimum absolute atomic E-state index is 0.0703. The summed E-state index contributed by atoms with van der Waals surface area (Å²) < 4.78 is 5.20. The number of nitrogens with zero attached hydrogens (tertiary/aromatic N) is 3. The lowest BCUT2D eigenvalue weighted by molar-refractivity contribution is -0.117. The number of anilines is 2. The Bertz CT molecular complexity index is 1600. The molecule has 164 valence electrons. The molecule has 5 N–H and O–H groups in total. The van der Waals surface area contributed by atoms with Gasteiger partial charge in [0.1, 0.15) is 11.6 Å². The number of benzene rings is 1. The number of nitrogen functional groups attached to an aromatic ring is 1. The molecule has 0 aliphatic heterocycles. The van der Waals surface area contributed by atoms with Gasteiger partial charge >= 0.3 is 5.76 Å². The molecule has 1 saturated carbocycles. The number of carbonyl (C=O) groups is 1. The molecule has 0 saturated heterocycles. The van der Waals surface area contributed by atoms with Crippen LogP contribution in [0.15, 0.2) is 52.1 Å². The number of amides is 1. The van der Waals surface area contributed by atoms with Gasteiger partial charge in [0.2, 0.25) is 5.91 Å². The Kier molecular flexibility index (Phi) is 4.09. The molecular weight excluding hydrogens is 422 g/mol. The molecule has 5 aromatic rings. The molecule has 6 rings (SSSR count). The lowest BCUT2D eigenvalue weighted by Crippen LogP contribution is -2.15. The maximum atomic E-state index is 12.7. The molecule has 0 radical (unpaired) electrons. The largest absolute Gasteiger partial charge is 0.417 e. The number of hydrogen-bond acceptors (Lipinski definition) is 7. The summed E-state index contributed by atoms with van der Waals surface area (Å²) in [5, 5.41) is 11.1. The number of aromatic amines is 2. The highest BCUT2D eigenvalue weighted by atomic mass is 16.4. The molecule has 10 heteroatoms. The maximum Gasteiger partial charge on any atom is 0.417 e. The predicted molar refractivity (Wildman–Crippen MR) is 123 cm³/mol. The van der Waals surface area contributed by atoms with Gasteiger partial charge in [0.25, 0.3) is 0 Å². The second-order valence-electron chi connectivity index (χ2n) is 8.33. The van der Waals surface area contributed by atoms with E-state index in [4.69, 9.17) is 10.2 Å². The van der Waals surface area contributed by atoms with Crippen LogP contribution in [0.1, 0.15) is 23.5 Å².